The van der Waals surface area contributed by atoms with E-state index in [-0.39, 0.29) is 0 Å². The molecule has 0 aliphatic carbocycles. The summed E-state index contributed by atoms with van der Waals surface area (Å²) in [5.74, 6) is 2.51. The number of halogens is 1. The van der Waals surface area contributed by atoms with Gasteiger partial charge < -0.3 is 5.32 Å². The zero-order valence-corrected chi connectivity index (χ0v) is 10.5. The molecular formula is C10H12INS. The monoisotopic (exact) mass is 305 g/mol. The number of nitrogens with one attached hydrogen (secondary N) is 1. The lowest BCUT2D eigenvalue weighted by molar-refractivity contribution is 0.882. The van der Waals surface area contributed by atoms with E-state index in [9.17, 15) is 0 Å². The third-order valence-corrected chi connectivity index (χ3v) is 3.95. The molecule has 3 heteroatoms. The molecule has 0 spiro atoms. The molecule has 1 aromatic rings. The molecule has 0 atom stereocenters. The summed E-state index contributed by atoms with van der Waals surface area (Å²) >= 11 is 4.37. The van der Waals surface area contributed by atoms with Gasteiger partial charge in [-0.1, -0.05) is 0 Å². The van der Waals surface area contributed by atoms with E-state index >= 15 is 0 Å². The zero-order chi connectivity index (χ0) is 9.26. The normalized spacial score (nSPS) is 16.8. The molecule has 1 N–H and O–H groups in total. The Labute approximate surface area is 96.8 Å². The van der Waals surface area contributed by atoms with Crippen molar-refractivity contribution in [3.8, 4) is 0 Å². The van der Waals surface area contributed by atoms with Gasteiger partial charge in [0.2, 0.25) is 0 Å². The maximum Gasteiger partial charge on any atom is 0.0442 e. The van der Waals surface area contributed by atoms with Crippen molar-refractivity contribution in [3.05, 3.63) is 27.3 Å². The molecule has 0 unspecified atom stereocenters. The highest BCUT2D eigenvalue weighted by atomic mass is 127. The Bertz CT molecular complexity index is 290. The van der Waals surface area contributed by atoms with Crippen LogP contribution in [0.3, 0.4) is 0 Å². The molecule has 0 bridgehead atoms. The van der Waals surface area contributed by atoms with Gasteiger partial charge in [0.15, 0.2) is 0 Å². The smallest absolute Gasteiger partial charge is 0.0442 e. The van der Waals surface area contributed by atoms with Crippen molar-refractivity contribution in [2.75, 3.05) is 16.8 Å². The first-order valence-electron chi connectivity index (χ1n) is 4.35. The molecule has 1 fully saturated rings. The molecule has 0 radical (unpaired) electrons. The first-order chi connectivity index (χ1) is 6.24. The standard InChI is InChI=1S/C10H12INS/c1-7-2-8(11)4-9(3-7)12-10-5-13-6-10/h2-4,10,12H,5-6H2,1H3. The van der Waals surface area contributed by atoms with Crippen molar-refractivity contribution in [2.24, 2.45) is 0 Å². The summed E-state index contributed by atoms with van der Waals surface area (Å²) in [6.07, 6.45) is 0. The second-order valence-electron chi connectivity index (χ2n) is 3.40. The molecule has 1 heterocycles. The Kier molecular flexibility index (Phi) is 3.03. The summed E-state index contributed by atoms with van der Waals surface area (Å²) in [6.45, 7) is 2.14. The maximum atomic E-state index is 3.53. The summed E-state index contributed by atoms with van der Waals surface area (Å²) in [7, 11) is 0. The van der Waals surface area contributed by atoms with Gasteiger partial charge in [0.1, 0.15) is 0 Å². The van der Waals surface area contributed by atoms with E-state index in [1.165, 1.54) is 26.3 Å². The Morgan fingerprint density at radius 1 is 1.38 bits per heavy atom. The molecule has 1 aliphatic heterocycles. The van der Waals surface area contributed by atoms with E-state index in [1.54, 1.807) is 0 Å². The molecule has 2 rings (SSSR count). The number of aryl methyl sites for hydroxylation is 1. The van der Waals surface area contributed by atoms with Crippen LogP contribution in [0.5, 0.6) is 0 Å². The Hall–Kier alpha value is 0.1000. The summed E-state index contributed by atoms with van der Waals surface area (Å²) in [4.78, 5) is 0. The van der Waals surface area contributed by atoms with Gasteiger partial charge in [-0.2, -0.15) is 11.8 Å². The van der Waals surface area contributed by atoms with Gasteiger partial charge in [-0.15, -0.1) is 0 Å². The molecule has 1 nitrogen and oxygen atoms in total. The first-order valence-corrected chi connectivity index (χ1v) is 6.59. The lowest BCUT2D eigenvalue weighted by Gasteiger charge is -2.27. The van der Waals surface area contributed by atoms with Crippen molar-refractivity contribution in [3.63, 3.8) is 0 Å². The number of benzene rings is 1. The van der Waals surface area contributed by atoms with E-state index < -0.39 is 0 Å². The third-order valence-electron chi connectivity index (χ3n) is 2.05. The van der Waals surface area contributed by atoms with Crippen LogP contribution < -0.4 is 5.32 Å². The molecular weight excluding hydrogens is 293 g/mol. The molecule has 0 aromatic heterocycles. The number of hydrogen-bond donors (Lipinski definition) is 1. The van der Waals surface area contributed by atoms with Crippen LogP contribution in [-0.2, 0) is 0 Å². The van der Waals surface area contributed by atoms with Crippen LogP contribution in [-0.4, -0.2) is 17.5 Å². The number of thioether (sulfide) groups is 1. The van der Waals surface area contributed by atoms with Crippen molar-refractivity contribution < 1.29 is 0 Å². The number of anilines is 1. The molecule has 13 heavy (non-hydrogen) atoms. The van der Waals surface area contributed by atoms with Gasteiger partial charge in [0, 0.05) is 26.8 Å². The van der Waals surface area contributed by atoms with Crippen LogP contribution in [0.25, 0.3) is 0 Å². The largest absolute Gasteiger partial charge is 0.381 e. The van der Waals surface area contributed by atoms with Crippen LogP contribution in [0, 0.1) is 10.5 Å². The Balaban J connectivity index is 2.10. The van der Waals surface area contributed by atoms with E-state index in [4.69, 9.17) is 0 Å². The van der Waals surface area contributed by atoms with Crippen LogP contribution in [0.2, 0.25) is 0 Å². The summed E-state index contributed by atoms with van der Waals surface area (Å²) in [6, 6.07) is 7.31. The highest BCUT2D eigenvalue weighted by molar-refractivity contribution is 14.1. The van der Waals surface area contributed by atoms with E-state index in [2.05, 4.69) is 53.0 Å². The number of rotatable bonds is 2. The number of hydrogen-bond acceptors (Lipinski definition) is 2. The lowest BCUT2D eigenvalue weighted by atomic mass is 10.2. The van der Waals surface area contributed by atoms with Gasteiger partial charge >= 0.3 is 0 Å². The highest BCUT2D eigenvalue weighted by Crippen LogP contribution is 2.23. The fourth-order valence-corrected chi connectivity index (χ4v) is 2.84. The van der Waals surface area contributed by atoms with Crippen molar-refractivity contribution in [2.45, 2.75) is 13.0 Å². The van der Waals surface area contributed by atoms with Crippen LogP contribution in [0.4, 0.5) is 5.69 Å². The van der Waals surface area contributed by atoms with E-state index in [1.807, 2.05) is 11.8 Å². The minimum atomic E-state index is 0.697. The molecule has 0 saturated carbocycles. The molecule has 0 amide bonds. The quantitative estimate of drug-likeness (QED) is 0.843. The maximum absolute atomic E-state index is 3.53. The van der Waals surface area contributed by atoms with Gasteiger partial charge in [-0.3, -0.25) is 0 Å². The molecule has 1 saturated heterocycles. The van der Waals surface area contributed by atoms with Crippen LogP contribution in [0.1, 0.15) is 5.56 Å². The topological polar surface area (TPSA) is 12.0 Å². The fourth-order valence-electron chi connectivity index (χ4n) is 1.37. The summed E-state index contributed by atoms with van der Waals surface area (Å²) in [5.41, 5.74) is 2.61. The van der Waals surface area contributed by atoms with Gasteiger partial charge in [0.25, 0.3) is 0 Å². The summed E-state index contributed by atoms with van der Waals surface area (Å²) in [5, 5.41) is 3.53. The van der Waals surface area contributed by atoms with Crippen LogP contribution in [0.15, 0.2) is 18.2 Å². The minimum absolute atomic E-state index is 0.697. The molecule has 70 valence electrons. The lowest BCUT2D eigenvalue weighted by Crippen LogP contribution is -2.33. The highest BCUT2D eigenvalue weighted by Gasteiger charge is 2.17. The minimum Gasteiger partial charge on any atom is -0.381 e. The van der Waals surface area contributed by atoms with E-state index in [0.717, 1.165) is 0 Å². The average molecular weight is 305 g/mol. The predicted molar refractivity (Wildman–Crippen MR) is 68.6 cm³/mol. The zero-order valence-electron chi connectivity index (χ0n) is 7.51. The second kappa shape index (κ2) is 4.09. The SMILES string of the molecule is Cc1cc(I)cc(NC2CSC2)c1. The van der Waals surface area contributed by atoms with Crippen molar-refractivity contribution >= 4 is 40.0 Å². The second-order valence-corrected chi connectivity index (χ2v) is 5.72. The fraction of sp³-hybridized carbons (Fsp3) is 0.400. The van der Waals surface area contributed by atoms with Gasteiger partial charge in [-0.05, 0) is 53.3 Å². The Morgan fingerprint density at radius 2 is 2.15 bits per heavy atom. The molecule has 1 aliphatic rings. The first kappa shape index (κ1) is 9.65. The average Bonchev–Trinajstić information content (AvgIpc) is 1.95. The van der Waals surface area contributed by atoms with Crippen molar-refractivity contribution in [1.29, 1.82) is 0 Å². The van der Waals surface area contributed by atoms with Crippen molar-refractivity contribution in [1.82, 2.24) is 0 Å². The van der Waals surface area contributed by atoms with E-state index in [0.29, 0.717) is 6.04 Å². The molecule has 1 aromatic carbocycles. The third kappa shape index (κ3) is 2.53. The Morgan fingerprint density at radius 3 is 2.69 bits per heavy atom. The van der Waals surface area contributed by atoms with Gasteiger partial charge in [-0.25, -0.2) is 0 Å². The van der Waals surface area contributed by atoms with Gasteiger partial charge in [0.05, 0.1) is 0 Å². The summed E-state index contributed by atoms with van der Waals surface area (Å²) < 4.78 is 1.31. The van der Waals surface area contributed by atoms with Crippen LogP contribution >= 0.6 is 34.4 Å². The predicted octanol–water partition coefficient (Wildman–Crippen LogP) is 3.13.